The van der Waals surface area contributed by atoms with Gasteiger partial charge in [-0.15, -0.1) is 0 Å². The van der Waals surface area contributed by atoms with E-state index in [1.165, 1.54) is 6.07 Å². The average Bonchev–Trinajstić information content (AvgIpc) is 3.05. The van der Waals surface area contributed by atoms with E-state index < -0.39 is 9.84 Å². The van der Waals surface area contributed by atoms with Crippen molar-refractivity contribution in [1.82, 2.24) is 4.90 Å². The van der Waals surface area contributed by atoms with Crippen LogP contribution >= 0.6 is 0 Å². The van der Waals surface area contributed by atoms with Gasteiger partial charge in [0.2, 0.25) is 0 Å². The van der Waals surface area contributed by atoms with Crippen molar-refractivity contribution in [2.45, 2.75) is 38.1 Å². The molecule has 1 heterocycles. The van der Waals surface area contributed by atoms with Crippen molar-refractivity contribution in [1.29, 1.82) is 0 Å². The maximum absolute atomic E-state index is 13.1. The highest BCUT2D eigenvalue weighted by Gasteiger charge is 2.24. The summed E-state index contributed by atoms with van der Waals surface area (Å²) >= 11 is 0. The summed E-state index contributed by atoms with van der Waals surface area (Å²) in [7, 11) is -1.81. The van der Waals surface area contributed by atoms with E-state index in [2.05, 4.69) is 0 Å². The molecule has 0 atom stereocenters. The van der Waals surface area contributed by atoms with Gasteiger partial charge in [0.25, 0.3) is 5.91 Å². The van der Waals surface area contributed by atoms with E-state index >= 15 is 0 Å². The number of para-hydroxylation sites is 1. The molecule has 148 valence electrons. The highest BCUT2D eigenvalue weighted by atomic mass is 32.2. The van der Waals surface area contributed by atoms with Gasteiger partial charge < -0.3 is 9.32 Å². The van der Waals surface area contributed by atoms with Gasteiger partial charge in [0.15, 0.2) is 9.84 Å². The van der Waals surface area contributed by atoms with E-state index in [4.69, 9.17) is 4.42 Å². The van der Waals surface area contributed by atoms with Crippen LogP contribution in [0.2, 0.25) is 0 Å². The van der Waals surface area contributed by atoms with Gasteiger partial charge in [-0.3, -0.25) is 4.79 Å². The predicted octanol–water partition coefficient (Wildman–Crippen LogP) is 4.45. The third kappa shape index (κ3) is 3.83. The lowest BCUT2D eigenvalue weighted by molar-refractivity contribution is 0.0781. The molecule has 28 heavy (non-hydrogen) atoms. The Morgan fingerprint density at radius 3 is 2.43 bits per heavy atom. The summed E-state index contributed by atoms with van der Waals surface area (Å²) in [5.74, 6) is 0.545. The second-order valence-corrected chi connectivity index (χ2v) is 8.91. The number of amides is 1. The second kappa shape index (κ2) is 8.19. The molecule has 3 rings (SSSR count). The van der Waals surface area contributed by atoms with E-state index in [-0.39, 0.29) is 22.1 Å². The summed E-state index contributed by atoms with van der Waals surface area (Å²) in [6, 6.07) is 14.2. The molecule has 3 aromatic rings. The number of rotatable bonds is 7. The van der Waals surface area contributed by atoms with E-state index in [9.17, 15) is 13.2 Å². The van der Waals surface area contributed by atoms with Crippen molar-refractivity contribution < 1.29 is 17.6 Å². The van der Waals surface area contributed by atoms with Gasteiger partial charge in [0.1, 0.15) is 11.3 Å². The molecule has 0 spiro atoms. The molecule has 0 N–H and O–H groups in total. The van der Waals surface area contributed by atoms with Crippen molar-refractivity contribution in [3.05, 3.63) is 65.4 Å². The molecule has 6 heteroatoms. The standard InChI is InChI=1S/C22H25NO4S/c1-4-14-28(25,26)21-13-9-7-11-17(21)22(24)23(3)15-18-16-10-6-8-12-20(16)27-19(18)5-2/h6-13H,4-5,14-15H2,1-3H3. The minimum Gasteiger partial charge on any atom is -0.461 e. The Morgan fingerprint density at radius 2 is 1.71 bits per heavy atom. The molecule has 0 saturated heterocycles. The summed E-state index contributed by atoms with van der Waals surface area (Å²) in [6.07, 6.45) is 1.22. The summed E-state index contributed by atoms with van der Waals surface area (Å²) < 4.78 is 31.1. The van der Waals surface area contributed by atoms with Crippen LogP contribution in [0.3, 0.4) is 0 Å². The number of furan rings is 1. The van der Waals surface area contributed by atoms with Crippen molar-refractivity contribution in [2.24, 2.45) is 0 Å². The Morgan fingerprint density at radius 1 is 1.04 bits per heavy atom. The van der Waals surface area contributed by atoms with Crippen molar-refractivity contribution >= 4 is 26.7 Å². The van der Waals surface area contributed by atoms with Crippen LogP contribution in [-0.4, -0.2) is 32.0 Å². The van der Waals surface area contributed by atoms with Gasteiger partial charge >= 0.3 is 0 Å². The molecule has 5 nitrogen and oxygen atoms in total. The maximum Gasteiger partial charge on any atom is 0.255 e. The molecule has 0 unspecified atom stereocenters. The van der Waals surface area contributed by atoms with E-state index in [1.54, 1.807) is 30.1 Å². The largest absolute Gasteiger partial charge is 0.461 e. The lowest BCUT2D eigenvalue weighted by Gasteiger charge is -2.19. The first-order valence-electron chi connectivity index (χ1n) is 9.45. The molecular formula is C22H25NO4S. The van der Waals surface area contributed by atoms with Crippen LogP contribution < -0.4 is 0 Å². The predicted molar refractivity (Wildman–Crippen MR) is 110 cm³/mol. The van der Waals surface area contributed by atoms with E-state index in [0.717, 1.165) is 22.3 Å². The molecule has 1 aromatic heterocycles. The number of nitrogens with zero attached hydrogens (tertiary/aromatic N) is 1. The molecule has 0 bridgehead atoms. The van der Waals surface area contributed by atoms with Crippen LogP contribution in [0.1, 0.15) is 41.9 Å². The van der Waals surface area contributed by atoms with Gasteiger partial charge in [-0.1, -0.05) is 44.2 Å². The Bertz CT molecular complexity index is 1100. The lowest BCUT2D eigenvalue weighted by atomic mass is 10.1. The third-order valence-corrected chi connectivity index (χ3v) is 6.74. The summed E-state index contributed by atoms with van der Waals surface area (Å²) in [4.78, 5) is 14.8. The molecule has 0 saturated carbocycles. The van der Waals surface area contributed by atoms with Gasteiger partial charge in [0, 0.05) is 31.0 Å². The van der Waals surface area contributed by atoms with Crippen molar-refractivity contribution in [3.63, 3.8) is 0 Å². The summed E-state index contributed by atoms with van der Waals surface area (Å²) in [6.45, 7) is 4.17. The first kappa shape index (κ1) is 20.1. The Hall–Kier alpha value is -2.60. The van der Waals surface area contributed by atoms with Gasteiger partial charge in [0.05, 0.1) is 16.2 Å². The van der Waals surface area contributed by atoms with Crippen LogP contribution in [0.25, 0.3) is 11.0 Å². The summed E-state index contributed by atoms with van der Waals surface area (Å²) in [5.41, 5.74) is 1.97. The fraction of sp³-hybridized carbons (Fsp3) is 0.318. The normalized spacial score (nSPS) is 11.7. The molecule has 0 aliphatic rings. The van der Waals surface area contributed by atoms with Crippen LogP contribution in [0.4, 0.5) is 0 Å². The molecule has 0 radical (unpaired) electrons. The number of aryl methyl sites for hydroxylation is 1. The number of fused-ring (bicyclic) bond motifs is 1. The SMILES string of the molecule is CCCS(=O)(=O)c1ccccc1C(=O)N(C)Cc1c(CC)oc2ccccc12. The fourth-order valence-corrected chi connectivity index (χ4v) is 4.95. The monoisotopic (exact) mass is 399 g/mol. The molecular weight excluding hydrogens is 374 g/mol. The van der Waals surface area contributed by atoms with Crippen LogP contribution in [0.15, 0.2) is 57.8 Å². The first-order chi connectivity index (χ1) is 13.4. The van der Waals surface area contributed by atoms with Gasteiger partial charge in [-0.05, 0) is 24.6 Å². The fourth-order valence-electron chi connectivity index (χ4n) is 3.42. The number of hydrogen-bond acceptors (Lipinski definition) is 4. The van der Waals surface area contributed by atoms with Gasteiger partial charge in [-0.2, -0.15) is 0 Å². The smallest absolute Gasteiger partial charge is 0.255 e. The molecule has 0 aliphatic heterocycles. The number of carbonyl (C=O) groups is 1. The highest BCUT2D eigenvalue weighted by molar-refractivity contribution is 7.91. The third-order valence-electron chi connectivity index (χ3n) is 4.77. The molecule has 2 aromatic carbocycles. The maximum atomic E-state index is 13.1. The number of hydrogen-bond donors (Lipinski definition) is 0. The Kier molecular flexibility index (Phi) is 5.89. The highest BCUT2D eigenvalue weighted by Crippen LogP contribution is 2.28. The first-order valence-corrected chi connectivity index (χ1v) is 11.1. The zero-order valence-corrected chi connectivity index (χ0v) is 17.3. The molecule has 0 fully saturated rings. The van der Waals surface area contributed by atoms with Crippen LogP contribution in [0, 0.1) is 0 Å². The van der Waals surface area contributed by atoms with Crippen LogP contribution in [-0.2, 0) is 22.8 Å². The molecule has 1 amide bonds. The average molecular weight is 400 g/mol. The van der Waals surface area contributed by atoms with Gasteiger partial charge in [-0.25, -0.2) is 8.42 Å². The minimum absolute atomic E-state index is 0.0212. The number of benzene rings is 2. The topological polar surface area (TPSA) is 67.6 Å². The molecule has 0 aliphatic carbocycles. The van der Waals surface area contributed by atoms with Crippen molar-refractivity contribution in [3.8, 4) is 0 Å². The Labute approximate surface area is 165 Å². The van der Waals surface area contributed by atoms with Crippen LogP contribution in [0.5, 0.6) is 0 Å². The van der Waals surface area contributed by atoms with E-state index in [1.807, 2.05) is 38.1 Å². The number of carbonyl (C=O) groups excluding carboxylic acids is 1. The zero-order chi connectivity index (χ0) is 20.3. The quantitative estimate of drug-likeness (QED) is 0.589. The van der Waals surface area contributed by atoms with Crippen molar-refractivity contribution in [2.75, 3.05) is 12.8 Å². The minimum atomic E-state index is -3.50. The lowest BCUT2D eigenvalue weighted by Crippen LogP contribution is -2.28. The second-order valence-electron chi connectivity index (χ2n) is 6.83. The number of sulfone groups is 1. The summed E-state index contributed by atoms with van der Waals surface area (Å²) in [5, 5.41) is 0.978. The van der Waals surface area contributed by atoms with E-state index in [0.29, 0.717) is 19.4 Å². The Balaban J connectivity index is 1.96. The zero-order valence-electron chi connectivity index (χ0n) is 16.4.